The van der Waals surface area contributed by atoms with Crippen LogP contribution in [-0.2, 0) is 23.2 Å². The molecule has 2 amide bonds. The molecular weight excluding hydrogens is 288 g/mol. The molecular formula is C14H16N4O2S. The number of likely N-dealkylation sites (tertiary alicyclic amines) is 1. The van der Waals surface area contributed by atoms with Gasteiger partial charge in [-0.2, -0.15) is 5.10 Å². The van der Waals surface area contributed by atoms with Gasteiger partial charge in [-0.25, -0.2) is 0 Å². The number of rotatable bonds is 4. The molecule has 0 bridgehead atoms. The number of thiophene rings is 1. The highest BCUT2D eigenvalue weighted by atomic mass is 32.1. The van der Waals surface area contributed by atoms with Gasteiger partial charge in [0.1, 0.15) is 6.04 Å². The smallest absolute Gasteiger partial charge is 0.247 e. The first kappa shape index (κ1) is 13.8. The summed E-state index contributed by atoms with van der Waals surface area (Å²) in [6.07, 6.45) is 4.32. The fourth-order valence-corrected chi connectivity index (χ4v) is 3.19. The van der Waals surface area contributed by atoms with Gasteiger partial charge >= 0.3 is 0 Å². The topological polar surface area (TPSA) is 67.2 Å². The van der Waals surface area contributed by atoms with Crippen LogP contribution in [0.25, 0.3) is 0 Å². The zero-order chi connectivity index (χ0) is 14.8. The second kappa shape index (κ2) is 5.69. The third-order valence-electron chi connectivity index (χ3n) is 3.51. The summed E-state index contributed by atoms with van der Waals surface area (Å²) in [5.74, 6) is -0.111. The van der Waals surface area contributed by atoms with E-state index in [4.69, 9.17) is 0 Å². The normalized spacial score (nSPS) is 18.2. The molecule has 0 aliphatic carbocycles. The number of nitrogens with one attached hydrogen (secondary N) is 1. The van der Waals surface area contributed by atoms with Crippen LogP contribution in [0.1, 0.15) is 17.7 Å². The van der Waals surface area contributed by atoms with Crippen LogP contribution in [-0.4, -0.2) is 32.5 Å². The van der Waals surface area contributed by atoms with Crippen molar-refractivity contribution in [3.05, 3.63) is 34.8 Å². The number of anilines is 1. The van der Waals surface area contributed by atoms with Crippen molar-refractivity contribution in [1.29, 1.82) is 0 Å². The molecule has 2 aromatic rings. The Labute approximate surface area is 126 Å². The molecule has 110 valence electrons. The molecule has 1 N–H and O–H groups in total. The SMILES string of the molecule is Cn1cc(NC(=O)C2CCC(=O)N2Cc2cccs2)cn1. The summed E-state index contributed by atoms with van der Waals surface area (Å²) < 4.78 is 1.62. The van der Waals surface area contributed by atoms with Gasteiger partial charge in [-0.05, 0) is 17.9 Å². The molecule has 1 aliphatic rings. The van der Waals surface area contributed by atoms with Gasteiger partial charge in [0.2, 0.25) is 11.8 Å². The average molecular weight is 304 g/mol. The number of hydrogen-bond acceptors (Lipinski definition) is 4. The fraction of sp³-hybridized carbons (Fsp3) is 0.357. The van der Waals surface area contributed by atoms with Crippen LogP contribution in [0.15, 0.2) is 29.9 Å². The van der Waals surface area contributed by atoms with Crippen molar-refractivity contribution in [2.75, 3.05) is 5.32 Å². The Morgan fingerprint density at radius 3 is 3.10 bits per heavy atom. The van der Waals surface area contributed by atoms with Crippen molar-refractivity contribution in [2.45, 2.75) is 25.4 Å². The van der Waals surface area contributed by atoms with Crippen molar-refractivity contribution in [3.8, 4) is 0 Å². The first-order valence-electron chi connectivity index (χ1n) is 6.75. The summed E-state index contributed by atoms with van der Waals surface area (Å²) in [6, 6.07) is 3.53. The lowest BCUT2D eigenvalue weighted by Gasteiger charge is -2.23. The number of carbonyl (C=O) groups is 2. The molecule has 1 aliphatic heterocycles. The zero-order valence-electron chi connectivity index (χ0n) is 11.7. The largest absolute Gasteiger partial charge is 0.326 e. The molecule has 3 heterocycles. The van der Waals surface area contributed by atoms with E-state index >= 15 is 0 Å². The highest BCUT2D eigenvalue weighted by Gasteiger charge is 2.36. The van der Waals surface area contributed by atoms with Gasteiger partial charge in [0, 0.05) is 24.5 Å². The van der Waals surface area contributed by atoms with Gasteiger partial charge in [0.25, 0.3) is 0 Å². The Balaban J connectivity index is 1.70. The van der Waals surface area contributed by atoms with Crippen LogP contribution in [0.2, 0.25) is 0 Å². The molecule has 0 aromatic carbocycles. The van der Waals surface area contributed by atoms with E-state index in [0.717, 1.165) is 4.88 Å². The first-order valence-corrected chi connectivity index (χ1v) is 7.63. The van der Waals surface area contributed by atoms with Gasteiger partial charge in [0.15, 0.2) is 0 Å². The van der Waals surface area contributed by atoms with Crippen LogP contribution >= 0.6 is 11.3 Å². The van der Waals surface area contributed by atoms with Crippen LogP contribution in [0.5, 0.6) is 0 Å². The van der Waals surface area contributed by atoms with E-state index in [1.54, 1.807) is 40.4 Å². The van der Waals surface area contributed by atoms with Crippen LogP contribution < -0.4 is 5.32 Å². The maximum Gasteiger partial charge on any atom is 0.247 e. The van der Waals surface area contributed by atoms with E-state index < -0.39 is 6.04 Å². The highest BCUT2D eigenvalue weighted by Crippen LogP contribution is 2.24. The van der Waals surface area contributed by atoms with Gasteiger partial charge in [0.05, 0.1) is 18.4 Å². The summed E-state index contributed by atoms with van der Waals surface area (Å²) in [7, 11) is 1.79. The molecule has 1 saturated heterocycles. The molecule has 0 spiro atoms. The van der Waals surface area contributed by atoms with E-state index in [1.165, 1.54) is 0 Å². The Morgan fingerprint density at radius 2 is 2.43 bits per heavy atom. The molecule has 1 fully saturated rings. The van der Waals surface area contributed by atoms with Crippen LogP contribution in [0.3, 0.4) is 0 Å². The number of aryl methyl sites for hydroxylation is 1. The third-order valence-corrected chi connectivity index (χ3v) is 4.37. The van der Waals surface area contributed by atoms with Gasteiger partial charge in [-0.1, -0.05) is 6.07 Å². The van der Waals surface area contributed by atoms with E-state index in [1.807, 2.05) is 17.5 Å². The predicted molar refractivity (Wildman–Crippen MR) is 79.7 cm³/mol. The second-order valence-electron chi connectivity index (χ2n) is 5.05. The van der Waals surface area contributed by atoms with E-state index in [2.05, 4.69) is 10.4 Å². The summed E-state index contributed by atoms with van der Waals surface area (Å²) >= 11 is 1.59. The predicted octanol–water partition coefficient (Wildman–Crippen LogP) is 1.61. The van der Waals surface area contributed by atoms with Crippen molar-refractivity contribution >= 4 is 28.8 Å². The quantitative estimate of drug-likeness (QED) is 0.933. The van der Waals surface area contributed by atoms with Crippen LogP contribution in [0.4, 0.5) is 5.69 Å². The summed E-state index contributed by atoms with van der Waals surface area (Å²) in [6.45, 7) is 0.502. The number of carbonyl (C=O) groups excluding carboxylic acids is 2. The van der Waals surface area contributed by atoms with Gasteiger partial charge in [-0.3, -0.25) is 14.3 Å². The first-order chi connectivity index (χ1) is 10.1. The molecule has 6 nitrogen and oxygen atoms in total. The van der Waals surface area contributed by atoms with E-state index in [-0.39, 0.29) is 11.8 Å². The Bertz CT molecular complexity index is 650. The van der Waals surface area contributed by atoms with Crippen molar-refractivity contribution in [2.24, 2.45) is 7.05 Å². The highest BCUT2D eigenvalue weighted by molar-refractivity contribution is 7.09. The van der Waals surface area contributed by atoms with Gasteiger partial charge in [-0.15, -0.1) is 11.3 Å². The Kier molecular flexibility index (Phi) is 3.74. The minimum absolute atomic E-state index is 0.0368. The Hall–Kier alpha value is -2.15. The minimum Gasteiger partial charge on any atom is -0.326 e. The number of amides is 2. The minimum atomic E-state index is -0.403. The lowest BCUT2D eigenvalue weighted by molar-refractivity contribution is -0.133. The summed E-state index contributed by atoms with van der Waals surface area (Å²) in [5.41, 5.74) is 0.651. The molecule has 21 heavy (non-hydrogen) atoms. The maximum atomic E-state index is 12.4. The average Bonchev–Trinajstić information content (AvgIpc) is 3.15. The zero-order valence-corrected chi connectivity index (χ0v) is 12.5. The lowest BCUT2D eigenvalue weighted by atomic mass is 10.2. The summed E-state index contributed by atoms with van der Waals surface area (Å²) in [4.78, 5) is 27.1. The van der Waals surface area contributed by atoms with E-state index in [9.17, 15) is 9.59 Å². The standard InChI is InChI=1S/C14H16N4O2S/c1-17-8-10(7-15-17)16-14(20)12-4-5-13(19)18(12)9-11-3-2-6-21-11/h2-3,6-8,12H,4-5,9H2,1H3,(H,16,20). The second-order valence-corrected chi connectivity index (χ2v) is 6.08. The molecule has 7 heteroatoms. The third kappa shape index (κ3) is 2.97. The molecule has 1 unspecified atom stereocenters. The number of hydrogen-bond donors (Lipinski definition) is 1. The van der Waals surface area contributed by atoms with Gasteiger partial charge < -0.3 is 10.2 Å². The van der Waals surface area contributed by atoms with Crippen molar-refractivity contribution in [3.63, 3.8) is 0 Å². The molecule has 3 rings (SSSR count). The number of nitrogens with zero attached hydrogens (tertiary/aromatic N) is 3. The molecule has 1 atom stereocenters. The van der Waals surface area contributed by atoms with Crippen molar-refractivity contribution in [1.82, 2.24) is 14.7 Å². The van der Waals surface area contributed by atoms with Crippen molar-refractivity contribution < 1.29 is 9.59 Å². The monoisotopic (exact) mass is 304 g/mol. The fourth-order valence-electron chi connectivity index (χ4n) is 2.49. The maximum absolute atomic E-state index is 12.4. The van der Waals surface area contributed by atoms with Crippen LogP contribution in [0, 0.1) is 0 Å². The lowest BCUT2D eigenvalue weighted by Crippen LogP contribution is -2.40. The number of aromatic nitrogens is 2. The molecule has 2 aromatic heterocycles. The molecule has 0 radical (unpaired) electrons. The van der Waals surface area contributed by atoms with E-state index in [0.29, 0.717) is 25.1 Å². The summed E-state index contributed by atoms with van der Waals surface area (Å²) in [5, 5.41) is 8.81. The molecule has 0 saturated carbocycles. The Morgan fingerprint density at radius 1 is 1.57 bits per heavy atom.